The van der Waals surface area contributed by atoms with E-state index in [2.05, 4.69) is 130 Å². The molecule has 18 rings (SSSR count). The van der Waals surface area contributed by atoms with Crippen molar-refractivity contribution in [1.82, 2.24) is 111 Å². The molecule has 0 amide bonds. The summed E-state index contributed by atoms with van der Waals surface area (Å²) >= 11 is 0. The van der Waals surface area contributed by atoms with Crippen molar-refractivity contribution >= 4 is 0 Å². The zero-order valence-corrected chi connectivity index (χ0v) is 78.3. The summed E-state index contributed by atoms with van der Waals surface area (Å²) in [6, 6.07) is 54.7. The summed E-state index contributed by atoms with van der Waals surface area (Å²) in [6.07, 6.45) is 15.3. The summed E-state index contributed by atoms with van der Waals surface area (Å²) in [7, 11) is 0. The average molecular weight is 1760 g/mol. The summed E-state index contributed by atoms with van der Waals surface area (Å²) in [5.74, 6) is -2.34. The number of rotatable bonds is 12. The fourth-order valence-electron chi connectivity index (χ4n) is 11.5. The lowest BCUT2D eigenvalue weighted by atomic mass is 10.1. The maximum Gasteiger partial charge on any atom is 0.174 e. The van der Waals surface area contributed by atoms with Gasteiger partial charge in [0.1, 0.15) is 58.9 Å². The third-order valence-electron chi connectivity index (χ3n) is 16.6. The normalized spacial score (nSPS) is 9.63. The van der Waals surface area contributed by atoms with Crippen molar-refractivity contribution in [2.75, 3.05) is 0 Å². The first-order valence-electron chi connectivity index (χ1n) is 43.4. The van der Waals surface area contributed by atoms with Gasteiger partial charge in [-0.3, -0.25) is 30.5 Å². The summed E-state index contributed by atoms with van der Waals surface area (Å²) in [5.41, 5.74) is 22.5. The SMILES string of the molecule is CC.CC.CC.CC.CC.CC.CC.CC.CC.Cc1cc(-c2ccc[nH]2)nc(-c2ccc(F)cc2F)c1.Cc1cc(-c2ccc[nH]2)nc(-c2ccc[nH]2)c1.Cc1cc(-c2ccn[nH]2)nc(-c2ccc(F)cc2F)c1.Cc1cc(-c2ccn[nH]2)nc(-c2ccn[nH]2)c1.Cc1cc(-c2ncn[nH]2)nc(-c2ncn[nH]2)c1.Cc1ccnc(-c2ccc(-c3ccc(F)cc3F)[nH]2)c1. The van der Waals surface area contributed by atoms with Gasteiger partial charge in [-0.05, 0) is 251 Å². The number of aryl methyl sites for hydroxylation is 6. The summed E-state index contributed by atoms with van der Waals surface area (Å²) in [5, 5.41) is 33.6. The highest BCUT2D eigenvalue weighted by Gasteiger charge is 2.17. The Kier molecular flexibility index (Phi) is 48.2. The van der Waals surface area contributed by atoms with Gasteiger partial charge in [-0.15, -0.1) is 0 Å². The third-order valence-corrected chi connectivity index (χ3v) is 16.6. The molecule has 28 heteroatoms. The van der Waals surface area contributed by atoms with E-state index in [1.165, 1.54) is 54.6 Å². The highest BCUT2D eigenvalue weighted by molar-refractivity contribution is 5.71. The molecule has 15 heterocycles. The van der Waals surface area contributed by atoms with Crippen molar-refractivity contribution in [1.29, 1.82) is 0 Å². The van der Waals surface area contributed by atoms with E-state index in [0.29, 0.717) is 45.6 Å². The zero-order chi connectivity index (χ0) is 95.3. The van der Waals surface area contributed by atoms with Crippen LogP contribution in [-0.2, 0) is 0 Å². The molecule has 18 aromatic rings. The van der Waals surface area contributed by atoms with Crippen molar-refractivity contribution in [2.24, 2.45) is 0 Å². The van der Waals surface area contributed by atoms with Crippen LogP contribution >= 0.6 is 0 Å². The molecule has 0 atom stereocenters. The van der Waals surface area contributed by atoms with E-state index in [9.17, 15) is 26.3 Å². The Bertz CT molecular complexity index is 5450. The zero-order valence-electron chi connectivity index (χ0n) is 78.3. The molecule has 0 bridgehead atoms. The second kappa shape index (κ2) is 58.4. The van der Waals surface area contributed by atoms with Crippen LogP contribution in [0.1, 0.15) is 158 Å². The predicted molar refractivity (Wildman–Crippen MR) is 515 cm³/mol. The van der Waals surface area contributed by atoms with Gasteiger partial charge in [0.15, 0.2) is 11.6 Å². The first kappa shape index (κ1) is 107. The third kappa shape index (κ3) is 32.6. The van der Waals surface area contributed by atoms with E-state index in [1.807, 2.05) is 275 Å². The molecule has 129 heavy (non-hydrogen) atoms. The van der Waals surface area contributed by atoms with Crippen LogP contribution < -0.4 is 0 Å². The smallest absolute Gasteiger partial charge is 0.174 e. The van der Waals surface area contributed by atoms with Crippen molar-refractivity contribution in [3.63, 3.8) is 0 Å². The molecule has 0 aliphatic carbocycles. The average Bonchev–Trinajstić information content (AvgIpc) is 0.993. The van der Waals surface area contributed by atoms with Gasteiger partial charge in [-0.1, -0.05) is 125 Å². The van der Waals surface area contributed by atoms with Gasteiger partial charge in [0.2, 0.25) is 0 Å². The standard InChI is InChI=1S/2C16H12F2N2.C15H11F2N3.C14H13N3.C12H11N5.C10H9N7.9C2H6/c1-10-6-7-19-16(8-10)15-5-4-14(20-15)12-3-2-11(17)9-13(12)18;1-10-7-15(12-5-4-11(17)9-13(12)18)20-16(8-10)14-3-2-6-19-14;1-9-6-14(11-3-2-10(16)8-12(11)17)19-15(7-9)13-4-5-18-20-13;1-10-8-13(11-4-2-6-15-11)17-14(9-10)12-5-3-7-16-12;1-8-6-11(9-2-4-13-16-9)15-12(7-8)10-3-5-14-17-10;1-6-2-7(9-11-4-13-16-9)15-8(3-6)10-12-5-14-17-10;9*1-2/h2-9,20H,1H3;2-9,19H,1H3;2-8H,1H3,(H,18,20);2-9,15-16H,1H3;2-7H,1H3,(H,13,16)(H,14,17);2-5H,1H3,(H,11,13,16)(H,12,14,17);9*1-2H3. The number of hydrogen-bond donors (Lipinski definition) is 9. The Labute approximate surface area is 754 Å². The van der Waals surface area contributed by atoms with Crippen LogP contribution in [0.15, 0.2) is 250 Å². The van der Waals surface area contributed by atoms with Crippen LogP contribution in [0.25, 0.3) is 137 Å². The number of hydrogen-bond acceptors (Lipinski definition) is 13. The molecule has 0 radical (unpaired) electrons. The van der Waals surface area contributed by atoms with E-state index in [0.717, 1.165) is 131 Å². The first-order valence-corrected chi connectivity index (χ1v) is 43.4. The highest BCUT2D eigenvalue weighted by Crippen LogP contribution is 2.32. The molecule has 0 spiro atoms. The quantitative estimate of drug-likeness (QED) is 0.0515. The minimum atomic E-state index is -0.626. The van der Waals surface area contributed by atoms with Gasteiger partial charge in [0, 0.05) is 84.0 Å². The molecule has 15 aromatic heterocycles. The number of nitrogens with zero attached hydrogens (tertiary/aromatic N) is 13. The van der Waals surface area contributed by atoms with Crippen molar-refractivity contribution in [3.05, 3.63) is 318 Å². The van der Waals surface area contributed by atoms with Crippen molar-refractivity contribution in [3.8, 4) is 137 Å². The van der Waals surface area contributed by atoms with E-state index in [-0.39, 0.29) is 5.56 Å². The number of H-pyrrole nitrogens is 9. The van der Waals surface area contributed by atoms with Crippen LogP contribution in [0.4, 0.5) is 26.3 Å². The lowest BCUT2D eigenvalue weighted by molar-refractivity contribution is 0.584. The molecule has 3 aromatic carbocycles. The van der Waals surface area contributed by atoms with Crippen molar-refractivity contribution in [2.45, 2.75) is 166 Å². The maximum atomic E-state index is 13.9. The fraction of sp³-hybridized carbons (Fsp3) is 0.238. The fourth-order valence-corrected chi connectivity index (χ4v) is 11.5. The van der Waals surface area contributed by atoms with Crippen LogP contribution in [-0.4, -0.2) is 111 Å². The van der Waals surface area contributed by atoms with Gasteiger partial charge in [0.05, 0.1) is 91.1 Å². The van der Waals surface area contributed by atoms with E-state index < -0.39 is 34.9 Å². The van der Waals surface area contributed by atoms with E-state index >= 15 is 0 Å². The number of pyridine rings is 6. The Morgan fingerprint density at radius 3 is 0.791 bits per heavy atom. The monoisotopic (exact) mass is 1760 g/mol. The molecular weight excluding hydrogens is 1640 g/mol. The Morgan fingerprint density at radius 1 is 0.217 bits per heavy atom. The largest absolute Gasteiger partial charge is 0.360 e. The number of halogens is 6. The van der Waals surface area contributed by atoms with Crippen LogP contribution in [0, 0.1) is 76.4 Å². The number of aromatic nitrogens is 22. The summed E-state index contributed by atoms with van der Waals surface area (Å²) in [6.45, 7) is 47.9. The minimum Gasteiger partial charge on any atom is -0.360 e. The van der Waals surface area contributed by atoms with E-state index in [4.69, 9.17) is 0 Å². The summed E-state index contributed by atoms with van der Waals surface area (Å²) < 4.78 is 80.3. The molecule has 9 N–H and O–H groups in total. The Balaban J connectivity index is 0.000000313. The van der Waals surface area contributed by atoms with Crippen LogP contribution in [0.2, 0.25) is 0 Å². The molecule has 0 aliphatic heterocycles. The maximum absolute atomic E-state index is 13.9. The van der Waals surface area contributed by atoms with Crippen molar-refractivity contribution < 1.29 is 26.3 Å². The summed E-state index contributed by atoms with van der Waals surface area (Å²) in [4.78, 5) is 47.5. The number of benzene rings is 3. The molecule has 22 nitrogen and oxygen atoms in total. The van der Waals surface area contributed by atoms with Gasteiger partial charge < -0.3 is 19.9 Å². The van der Waals surface area contributed by atoms with Gasteiger partial charge in [0.25, 0.3) is 0 Å². The minimum absolute atomic E-state index is 0.274. The van der Waals surface area contributed by atoms with E-state index in [1.54, 1.807) is 55.2 Å². The van der Waals surface area contributed by atoms with Gasteiger partial charge in [-0.2, -0.15) is 25.5 Å². The molecule has 0 unspecified atom stereocenters. The molecule has 0 saturated heterocycles. The first-order chi connectivity index (χ1) is 62.9. The Morgan fingerprint density at radius 2 is 0.504 bits per heavy atom. The van der Waals surface area contributed by atoms with Crippen LogP contribution in [0.3, 0.4) is 0 Å². The second-order valence-electron chi connectivity index (χ2n) is 25.3. The van der Waals surface area contributed by atoms with Gasteiger partial charge >= 0.3 is 0 Å². The Hall–Kier alpha value is -14.8. The topological polar surface area (TPSA) is 310 Å². The molecule has 0 fully saturated rings. The van der Waals surface area contributed by atoms with Crippen LogP contribution in [0.5, 0.6) is 0 Å². The molecule has 0 aliphatic rings. The molecule has 678 valence electrons. The lowest BCUT2D eigenvalue weighted by Gasteiger charge is -2.07. The highest BCUT2D eigenvalue weighted by atomic mass is 19.2. The number of nitrogens with one attached hydrogen (secondary N) is 9. The molecule has 0 saturated carbocycles. The molecular formula is C101H122F6N22. The second-order valence-corrected chi connectivity index (χ2v) is 25.3. The predicted octanol–water partition coefficient (Wildman–Crippen LogP) is 28.1. The lowest BCUT2D eigenvalue weighted by Crippen LogP contribution is -1.93. The van der Waals surface area contributed by atoms with Gasteiger partial charge in [-0.25, -0.2) is 61.2 Å². The number of aromatic amines is 9.